The second kappa shape index (κ2) is 5.05. The smallest absolute Gasteiger partial charge is 0.248 e. The fourth-order valence-corrected chi connectivity index (χ4v) is 3.26. The highest BCUT2D eigenvalue weighted by Crippen LogP contribution is 2.33. The summed E-state index contributed by atoms with van der Waals surface area (Å²) < 4.78 is 13.6. The topological polar surface area (TPSA) is 32.7 Å². The second-order valence-corrected chi connectivity index (χ2v) is 5.77. The number of hydrogen-bond acceptors (Lipinski definition) is 2. The highest BCUT2D eigenvalue weighted by atomic mass is 19.1. The van der Waals surface area contributed by atoms with Crippen LogP contribution in [-0.2, 0) is 11.2 Å². The van der Waals surface area contributed by atoms with Crippen molar-refractivity contribution in [2.24, 2.45) is 11.0 Å². The van der Waals surface area contributed by atoms with Gasteiger partial charge in [-0.15, -0.1) is 0 Å². The fourth-order valence-electron chi connectivity index (χ4n) is 3.26. The molecule has 0 aromatic heterocycles. The van der Waals surface area contributed by atoms with E-state index in [1.165, 1.54) is 11.1 Å². The zero-order valence-electron chi connectivity index (χ0n) is 12.0. The number of para-hydroxylation sites is 1. The van der Waals surface area contributed by atoms with E-state index in [9.17, 15) is 9.18 Å². The third-order valence-electron chi connectivity index (χ3n) is 4.36. The molecule has 4 rings (SSSR count). The van der Waals surface area contributed by atoms with Gasteiger partial charge in [-0.1, -0.05) is 24.3 Å². The van der Waals surface area contributed by atoms with Gasteiger partial charge in [-0.25, -0.2) is 9.40 Å². The number of fused-ring (bicyclic) bond motifs is 3. The Kier molecular flexibility index (Phi) is 3.03. The van der Waals surface area contributed by atoms with Crippen LogP contribution in [0.1, 0.15) is 24.0 Å². The van der Waals surface area contributed by atoms with E-state index in [0.717, 1.165) is 35.4 Å². The van der Waals surface area contributed by atoms with Crippen LogP contribution < -0.4 is 5.01 Å². The van der Waals surface area contributed by atoms with Crippen LogP contribution in [0.25, 0.3) is 0 Å². The summed E-state index contributed by atoms with van der Waals surface area (Å²) in [6, 6.07) is 14.2. The molecular formula is C18H15FN2O. The Labute approximate surface area is 128 Å². The molecule has 2 aromatic carbocycles. The summed E-state index contributed by atoms with van der Waals surface area (Å²) in [6.07, 6.45) is 2.20. The van der Waals surface area contributed by atoms with Crippen LogP contribution in [0.3, 0.4) is 0 Å². The molecule has 0 bridgehead atoms. The summed E-state index contributed by atoms with van der Waals surface area (Å²) in [6.45, 7) is 0. The van der Waals surface area contributed by atoms with E-state index < -0.39 is 0 Å². The lowest BCUT2D eigenvalue weighted by Crippen LogP contribution is -2.39. The molecule has 2 aliphatic rings. The van der Waals surface area contributed by atoms with Gasteiger partial charge in [0, 0.05) is 17.9 Å². The molecule has 1 heterocycles. The molecule has 2 aromatic rings. The first-order valence-corrected chi connectivity index (χ1v) is 7.47. The molecule has 1 amide bonds. The minimum absolute atomic E-state index is 0.000182. The number of halogens is 1. The van der Waals surface area contributed by atoms with E-state index in [-0.39, 0.29) is 17.6 Å². The summed E-state index contributed by atoms with van der Waals surface area (Å²) in [5.74, 6) is -0.160. The van der Waals surface area contributed by atoms with Crippen molar-refractivity contribution >= 4 is 17.3 Å². The molecule has 22 heavy (non-hydrogen) atoms. The lowest BCUT2D eigenvalue weighted by molar-refractivity contribution is -0.119. The monoisotopic (exact) mass is 294 g/mol. The first kappa shape index (κ1) is 13.2. The molecule has 110 valence electrons. The van der Waals surface area contributed by atoms with E-state index >= 15 is 0 Å². The second-order valence-electron chi connectivity index (χ2n) is 5.77. The number of anilines is 1. The van der Waals surface area contributed by atoms with Gasteiger partial charge in [0.05, 0.1) is 11.4 Å². The van der Waals surface area contributed by atoms with Crippen molar-refractivity contribution in [3.05, 3.63) is 65.5 Å². The minimum atomic E-state index is -0.259. The molecule has 0 saturated carbocycles. The Morgan fingerprint density at radius 3 is 2.77 bits per heavy atom. The summed E-state index contributed by atoms with van der Waals surface area (Å²) in [5, 5.41) is 6.02. The highest BCUT2D eigenvalue weighted by molar-refractivity contribution is 6.11. The minimum Gasteiger partial charge on any atom is -0.273 e. The van der Waals surface area contributed by atoms with Crippen LogP contribution in [0.5, 0.6) is 0 Å². The molecule has 1 unspecified atom stereocenters. The highest BCUT2D eigenvalue weighted by Gasteiger charge is 2.34. The number of amides is 1. The third-order valence-corrected chi connectivity index (χ3v) is 4.36. The molecule has 1 aliphatic carbocycles. The van der Waals surface area contributed by atoms with Crippen molar-refractivity contribution in [1.29, 1.82) is 0 Å². The van der Waals surface area contributed by atoms with Crippen LogP contribution in [0.4, 0.5) is 10.1 Å². The Hall–Kier alpha value is -2.49. The molecule has 4 heteroatoms. The lowest BCUT2D eigenvalue weighted by Gasteiger charge is -2.33. The largest absolute Gasteiger partial charge is 0.273 e. The standard InChI is InChI=1S/C18H15FN2O/c19-14-9-8-12-6-7-13-10-17(22)21(15-4-2-1-3-5-15)20-18(13)16(12)11-14/h1-5,8-9,11,13H,6-7,10H2. The first-order chi connectivity index (χ1) is 10.7. The van der Waals surface area contributed by atoms with Gasteiger partial charge in [0.2, 0.25) is 5.91 Å². The molecule has 0 saturated heterocycles. The first-order valence-electron chi connectivity index (χ1n) is 7.47. The zero-order chi connectivity index (χ0) is 15.1. The van der Waals surface area contributed by atoms with Crippen molar-refractivity contribution in [1.82, 2.24) is 0 Å². The summed E-state index contributed by atoms with van der Waals surface area (Å²) in [4.78, 5) is 12.4. The summed E-state index contributed by atoms with van der Waals surface area (Å²) in [5.41, 5.74) is 3.55. The molecule has 0 N–H and O–H groups in total. The van der Waals surface area contributed by atoms with E-state index in [0.29, 0.717) is 6.42 Å². The fraction of sp³-hybridized carbons (Fsp3) is 0.222. The van der Waals surface area contributed by atoms with E-state index in [2.05, 4.69) is 5.10 Å². The van der Waals surface area contributed by atoms with Gasteiger partial charge in [0.1, 0.15) is 5.82 Å². The molecule has 0 fully saturated rings. The van der Waals surface area contributed by atoms with Crippen LogP contribution in [-0.4, -0.2) is 11.6 Å². The average molecular weight is 294 g/mol. The predicted molar refractivity (Wildman–Crippen MR) is 83.3 cm³/mol. The maximum absolute atomic E-state index is 13.6. The number of hydrazone groups is 1. The van der Waals surface area contributed by atoms with Crippen molar-refractivity contribution in [3.63, 3.8) is 0 Å². The van der Waals surface area contributed by atoms with E-state index in [1.807, 2.05) is 36.4 Å². The summed E-state index contributed by atoms with van der Waals surface area (Å²) in [7, 11) is 0. The van der Waals surface area contributed by atoms with Crippen molar-refractivity contribution in [2.45, 2.75) is 19.3 Å². The van der Waals surface area contributed by atoms with Crippen molar-refractivity contribution < 1.29 is 9.18 Å². The Balaban J connectivity index is 1.83. The average Bonchev–Trinajstić information content (AvgIpc) is 2.55. The molecular weight excluding hydrogens is 279 g/mol. The van der Waals surface area contributed by atoms with Crippen LogP contribution >= 0.6 is 0 Å². The molecule has 0 radical (unpaired) electrons. The van der Waals surface area contributed by atoms with Crippen molar-refractivity contribution in [3.8, 4) is 0 Å². The Morgan fingerprint density at radius 2 is 1.95 bits per heavy atom. The predicted octanol–water partition coefficient (Wildman–Crippen LogP) is 3.53. The van der Waals surface area contributed by atoms with Gasteiger partial charge in [-0.3, -0.25) is 4.79 Å². The van der Waals surface area contributed by atoms with Gasteiger partial charge < -0.3 is 0 Å². The maximum Gasteiger partial charge on any atom is 0.248 e. The van der Waals surface area contributed by atoms with Crippen LogP contribution in [0.15, 0.2) is 53.6 Å². The Bertz CT molecular complexity index is 770. The summed E-state index contributed by atoms with van der Waals surface area (Å²) >= 11 is 0. The molecule has 1 atom stereocenters. The number of hydrogen-bond donors (Lipinski definition) is 0. The number of nitrogens with zero attached hydrogens (tertiary/aromatic N) is 2. The molecule has 1 aliphatic heterocycles. The quantitative estimate of drug-likeness (QED) is 0.792. The lowest BCUT2D eigenvalue weighted by atomic mass is 9.79. The van der Waals surface area contributed by atoms with Gasteiger partial charge in [-0.2, -0.15) is 5.10 Å². The van der Waals surface area contributed by atoms with Crippen LogP contribution in [0, 0.1) is 11.7 Å². The zero-order valence-corrected chi connectivity index (χ0v) is 12.0. The Morgan fingerprint density at radius 1 is 1.14 bits per heavy atom. The van der Waals surface area contributed by atoms with Gasteiger partial charge >= 0.3 is 0 Å². The number of carbonyl (C=O) groups is 1. The van der Waals surface area contributed by atoms with Gasteiger partial charge in [-0.05, 0) is 42.7 Å². The van der Waals surface area contributed by atoms with E-state index in [1.54, 1.807) is 6.07 Å². The van der Waals surface area contributed by atoms with Crippen molar-refractivity contribution in [2.75, 3.05) is 5.01 Å². The number of aryl methyl sites for hydroxylation is 1. The number of rotatable bonds is 1. The molecule has 3 nitrogen and oxygen atoms in total. The van der Waals surface area contributed by atoms with Gasteiger partial charge in [0.25, 0.3) is 0 Å². The third kappa shape index (κ3) is 2.11. The SMILES string of the molecule is O=C1CC2CCc3ccc(F)cc3C2=NN1c1ccccc1. The van der Waals surface area contributed by atoms with Crippen LogP contribution in [0.2, 0.25) is 0 Å². The van der Waals surface area contributed by atoms with Gasteiger partial charge in [0.15, 0.2) is 0 Å². The van der Waals surface area contributed by atoms with E-state index in [4.69, 9.17) is 0 Å². The normalized spacial score (nSPS) is 20.2. The maximum atomic E-state index is 13.6. The number of benzene rings is 2. The molecule has 0 spiro atoms. The number of carbonyl (C=O) groups excluding carboxylic acids is 1.